The van der Waals surface area contributed by atoms with Crippen molar-refractivity contribution in [2.24, 2.45) is 13.0 Å². The normalized spacial score (nSPS) is 22.9. The molecule has 0 spiro atoms. The van der Waals surface area contributed by atoms with Crippen molar-refractivity contribution in [1.82, 2.24) is 14.5 Å². The number of hydrogen-bond acceptors (Lipinski definition) is 3. The summed E-state index contributed by atoms with van der Waals surface area (Å²) in [5, 5.41) is 0. The van der Waals surface area contributed by atoms with Gasteiger partial charge in [0.25, 0.3) is 5.91 Å². The average molecular weight is 261 g/mol. The Bertz CT molecular complexity index is 527. The van der Waals surface area contributed by atoms with Gasteiger partial charge in [0.1, 0.15) is 0 Å². The molecule has 5 nitrogen and oxygen atoms in total. The fourth-order valence-electron chi connectivity index (χ4n) is 2.81. The molecule has 5 heteroatoms. The fourth-order valence-corrected chi connectivity index (χ4v) is 2.81. The largest absolute Gasteiger partial charge is 0.378 e. The van der Waals surface area contributed by atoms with Crippen LogP contribution < -0.4 is 0 Å². The second-order valence-corrected chi connectivity index (χ2v) is 5.32. The zero-order valence-electron chi connectivity index (χ0n) is 11.4. The Balaban J connectivity index is 1.93. The van der Waals surface area contributed by atoms with Gasteiger partial charge in [-0.1, -0.05) is 13.0 Å². The summed E-state index contributed by atoms with van der Waals surface area (Å²) in [4.78, 5) is 19.0. The molecule has 1 saturated heterocycles. The number of rotatable bonds is 1. The van der Waals surface area contributed by atoms with E-state index < -0.39 is 0 Å². The summed E-state index contributed by atoms with van der Waals surface area (Å²) in [6.07, 6.45) is 4.79. The minimum absolute atomic E-state index is 0.111. The SMILES string of the molecule is CC1C=C(C(=O)N2CCOCC2)c2c(ncn2C)C1. The number of allylic oxidation sites excluding steroid dienone is 1. The van der Waals surface area contributed by atoms with Crippen LogP contribution in [0.15, 0.2) is 12.4 Å². The predicted molar refractivity (Wildman–Crippen MR) is 71.5 cm³/mol. The Labute approximate surface area is 112 Å². The second-order valence-electron chi connectivity index (χ2n) is 5.32. The number of imidazole rings is 1. The summed E-state index contributed by atoms with van der Waals surface area (Å²) in [6.45, 7) is 4.75. The molecular formula is C14H19N3O2. The van der Waals surface area contributed by atoms with E-state index in [1.54, 1.807) is 6.33 Å². The molecule has 2 aliphatic rings. The van der Waals surface area contributed by atoms with Crippen LogP contribution >= 0.6 is 0 Å². The van der Waals surface area contributed by atoms with Gasteiger partial charge in [-0.05, 0) is 12.3 Å². The summed E-state index contributed by atoms with van der Waals surface area (Å²) in [5.74, 6) is 0.474. The summed E-state index contributed by atoms with van der Waals surface area (Å²) in [6, 6.07) is 0. The van der Waals surface area contributed by atoms with E-state index in [0.717, 1.165) is 23.4 Å². The maximum absolute atomic E-state index is 12.7. The summed E-state index contributed by atoms with van der Waals surface area (Å²) in [5.41, 5.74) is 2.82. The number of carbonyl (C=O) groups is 1. The third-order valence-electron chi connectivity index (χ3n) is 3.76. The zero-order chi connectivity index (χ0) is 13.4. The number of aryl methyl sites for hydroxylation is 1. The molecule has 3 rings (SSSR count). The summed E-state index contributed by atoms with van der Waals surface area (Å²) >= 11 is 0. The first-order valence-electron chi connectivity index (χ1n) is 6.76. The molecule has 0 radical (unpaired) electrons. The van der Waals surface area contributed by atoms with Gasteiger partial charge in [0.15, 0.2) is 0 Å². The highest BCUT2D eigenvalue weighted by Crippen LogP contribution is 2.29. The van der Waals surface area contributed by atoms with Crippen LogP contribution in [-0.4, -0.2) is 46.7 Å². The monoisotopic (exact) mass is 261 g/mol. The number of fused-ring (bicyclic) bond motifs is 1. The van der Waals surface area contributed by atoms with E-state index in [2.05, 4.69) is 18.0 Å². The van der Waals surface area contributed by atoms with Gasteiger partial charge in [0.05, 0.1) is 36.5 Å². The number of nitrogens with zero attached hydrogens (tertiary/aromatic N) is 3. The van der Waals surface area contributed by atoms with Crippen LogP contribution in [-0.2, 0) is 23.0 Å². The zero-order valence-corrected chi connectivity index (χ0v) is 11.4. The first-order valence-corrected chi connectivity index (χ1v) is 6.76. The van der Waals surface area contributed by atoms with E-state index in [1.807, 2.05) is 16.5 Å². The average Bonchev–Trinajstić information content (AvgIpc) is 2.79. The maximum Gasteiger partial charge on any atom is 0.255 e. The van der Waals surface area contributed by atoms with Gasteiger partial charge >= 0.3 is 0 Å². The molecule has 1 aliphatic heterocycles. The van der Waals surface area contributed by atoms with Crippen molar-refractivity contribution in [3.8, 4) is 0 Å². The number of morpholine rings is 1. The molecule has 2 heterocycles. The molecular weight excluding hydrogens is 242 g/mol. The van der Waals surface area contributed by atoms with E-state index >= 15 is 0 Å². The van der Waals surface area contributed by atoms with Crippen LogP contribution in [0.4, 0.5) is 0 Å². The van der Waals surface area contributed by atoms with Crippen molar-refractivity contribution in [3.63, 3.8) is 0 Å². The Morgan fingerprint density at radius 3 is 2.89 bits per heavy atom. The second kappa shape index (κ2) is 4.81. The Kier molecular flexibility index (Phi) is 3.14. The van der Waals surface area contributed by atoms with Gasteiger partial charge in [0.2, 0.25) is 0 Å². The van der Waals surface area contributed by atoms with Crippen molar-refractivity contribution in [2.45, 2.75) is 13.3 Å². The molecule has 0 saturated carbocycles. The number of aromatic nitrogens is 2. The molecule has 102 valence electrons. The molecule has 19 heavy (non-hydrogen) atoms. The number of amides is 1. The molecule has 1 aromatic heterocycles. The van der Waals surface area contributed by atoms with Crippen LogP contribution in [0.5, 0.6) is 0 Å². The number of hydrogen-bond donors (Lipinski definition) is 0. The standard InChI is InChI=1S/C14H19N3O2/c1-10-7-11(13-12(8-10)15-9-16(13)2)14(18)17-3-5-19-6-4-17/h7,9-10H,3-6,8H2,1-2H3. The highest BCUT2D eigenvalue weighted by atomic mass is 16.5. The molecule has 1 fully saturated rings. The van der Waals surface area contributed by atoms with Gasteiger partial charge < -0.3 is 14.2 Å². The van der Waals surface area contributed by atoms with Gasteiger partial charge in [-0.25, -0.2) is 4.98 Å². The van der Waals surface area contributed by atoms with Crippen molar-refractivity contribution < 1.29 is 9.53 Å². The van der Waals surface area contributed by atoms with Gasteiger partial charge in [0, 0.05) is 20.1 Å². The van der Waals surface area contributed by atoms with Crippen LogP contribution in [0.25, 0.3) is 5.57 Å². The third-order valence-corrected chi connectivity index (χ3v) is 3.76. The molecule has 1 aromatic rings. The third kappa shape index (κ3) is 2.18. The van der Waals surface area contributed by atoms with E-state index in [0.29, 0.717) is 32.2 Å². The van der Waals surface area contributed by atoms with E-state index in [4.69, 9.17) is 4.74 Å². The summed E-state index contributed by atoms with van der Waals surface area (Å²) in [7, 11) is 1.95. The van der Waals surface area contributed by atoms with E-state index in [1.165, 1.54) is 0 Å². The quantitative estimate of drug-likeness (QED) is 0.753. The number of ether oxygens (including phenoxy) is 1. The van der Waals surface area contributed by atoms with E-state index in [9.17, 15) is 4.79 Å². The first kappa shape index (κ1) is 12.4. The van der Waals surface area contributed by atoms with Crippen LogP contribution in [0, 0.1) is 5.92 Å². The number of carbonyl (C=O) groups excluding carboxylic acids is 1. The molecule has 1 unspecified atom stereocenters. The molecule has 0 aromatic carbocycles. The molecule has 0 bridgehead atoms. The Hall–Kier alpha value is -1.62. The lowest BCUT2D eigenvalue weighted by atomic mass is 9.91. The van der Waals surface area contributed by atoms with Gasteiger partial charge in [-0.15, -0.1) is 0 Å². The molecule has 1 aliphatic carbocycles. The van der Waals surface area contributed by atoms with Gasteiger partial charge in [-0.2, -0.15) is 0 Å². The Morgan fingerprint density at radius 1 is 1.42 bits per heavy atom. The van der Waals surface area contributed by atoms with Crippen molar-refractivity contribution in [1.29, 1.82) is 0 Å². The fraction of sp³-hybridized carbons (Fsp3) is 0.571. The minimum atomic E-state index is 0.111. The predicted octanol–water partition coefficient (Wildman–Crippen LogP) is 0.854. The molecule has 1 atom stereocenters. The lowest BCUT2D eigenvalue weighted by molar-refractivity contribution is -0.129. The minimum Gasteiger partial charge on any atom is -0.378 e. The summed E-state index contributed by atoms with van der Waals surface area (Å²) < 4.78 is 7.26. The highest BCUT2D eigenvalue weighted by Gasteiger charge is 2.29. The van der Waals surface area contributed by atoms with Crippen LogP contribution in [0.3, 0.4) is 0 Å². The van der Waals surface area contributed by atoms with E-state index in [-0.39, 0.29) is 5.91 Å². The smallest absolute Gasteiger partial charge is 0.255 e. The molecule has 1 amide bonds. The lowest BCUT2D eigenvalue weighted by Gasteiger charge is -2.29. The van der Waals surface area contributed by atoms with Gasteiger partial charge in [-0.3, -0.25) is 4.79 Å². The Morgan fingerprint density at radius 2 is 2.16 bits per heavy atom. The van der Waals surface area contributed by atoms with Crippen LogP contribution in [0.2, 0.25) is 0 Å². The van der Waals surface area contributed by atoms with Crippen molar-refractivity contribution in [2.75, 3.05) is 26.3 Å². The topological polar surface area (TPSA) is 47.4 Å². The van der Waals surface area contributed by atoms with Crippen molar-refractivity contribution >= 4 is 11.5 Å². The maximum atomic E-state index is 12.7. The highest BCUT2D eigenvalue weighted by molar-refractivity contribution is 6.19. The lowest BCUT2D eigenvalue weighted by Crippen LogP contribution is -2.41. The van der Waals surface area contributed by atoms with Crippen LogP contribution in [0.1, 0.15) is 18.3 Å². The van der Waals surface area contributed by atoms with Crippen molar-refractivity contribution in [3.05, 3.63) is 23.8 Å². The first-order chi connectivity index (χ1) is 9.16. The molecule has 0 N–H and O–H groups in total.